The molecular weight excluding hydrogens is 368 g/mol. The lowest BCUT2D eigenvalue weighted by Crippen LogP contribution is -2.34. The summed E-state index contributed by atoms with van der Waals surface area (Å²) in [7, 11) is 0. The van der Waals surface area contributed by atoms with E-state index in [-0.39, 0.29) is 30.3 Å². The summed E-state index contributed by atoms with van der Waals surface area (Å²) in [4.78, 5) is 41.2. The van der Waals surface area contributed by atoms with Crippen molar-refractivity contribution in [1.29, 1.82) is 0 Å². The average Bonchev–Trinajstić information content (AvgIpc) is 3.12. The van der Waals surface area contributed by atoms with Gasteiger partial charge in [0.1, 0.15) is 10.6 Å². The van der Waals surface area contributed by atoms with Crippen LogP contribution in [0.5, 0.6) is 5.75 Å². The third-order valence-corrected chi connectivity index (χ3v) is 5.05. The van der Waals surface area contributed by atoms with Gasteiger partial charge in [-0.25, -0.2) is 4.98 Å². The van der Waals surface area contributed by atoms with E-state index in [0.29, 0.717) is 27.3 Å². The van der Waals surface area contributed by atoms with Gasteiger partial charge in [0.25, 0.3) is 11.5 Å². The van der Waals surface area contributed by atoms with E-state index in [9.17, 15) is 14.4 Å². The van der Waals surface area contributed by atoms with Gasteiger partial charge in [-0.1, -0.05) is 0 Å². The Morgan fingerprint density at radius 3 is 3.07 bits per heavy atom. The van der Waals surface area contributed by atoms with E-state index >= 15 is 0 Å². The number of nitrogens with zero attached hydrogens (tertiary/aromatic N) is 2. The molecule has 27 heavy (non-hydrogen) atoms. The quantitative estimate of drug-likeness (QED) is 0.718. The maximum atomic E-state index is 12.3. The SMILES string of the molecule is C[C@H]1Oc2ccc(NC(=O)CCn3cnc4sccc4c3=O)cc2NC1=O. The standard InChI is InChI=1S/C18H16N4O4S/c1-10-16(24)21-13-8-11(2-3-14(13)26-10)20-15(23)4-6-22-9-19-17-12(18(22)25)5-7-27-17/h2-3,5,7-10H,4,6H2,1H3,(H,20,23)(H,21,24)/t10-/m1/s1. The summed E-state index contributed by atoms with van der Waals surface area (Å²) in [5.74, 6) is 0.0761. The van der Waals surface area contributed by atoms with Crippen LogP contribution in [0.4, 0.5) is 11.4 Å². The molecule has 1 atom stereocenters. The summed E-state index contributed by atoms with van der Waals surface area (Å²) in [6.45, 7) is 1.89. The minimum absolute atomic E-state index is 0.119. The zero-order valence-electron chi connectivity index (χ0n) is 14.4. The van der Waals surface area contributed by atoms with Crippen molar-refractivity contribution in [3.05, 3.63) is 46.3 Å². The van der Waals surface area contributed by atoms with Gasteiger partial charge in [0, 0.05) is 18.7 Å². The van der Waals surface area contributed by atoms with Crippen molar-refractivity contribution in [2.45, 2.75) is 26.0 Å². The Balaban J connectivity index is 1.42. The lowest BCUT2D eigenvalue weighted by Gasteiger charge is -2.23. The Labute approximate surface area is 157 Å². The molecule has 0 radical (unpaired) electrons. The monoisotopic (exact) mass is 384 g/mol. The average molecular weight is 384 g/mol. The first-order chi connectivity index (χ1) is 13.0. The Morgan fingerprint density at radius 2 is 2.22 bits per heavy atom. The second-order valence-corrected chi connectivity index (χ2v) is 7.04. The Bertz CT molecular complexity index is 1100. The molecule has 1 aromatic carbocycles. The second kappa shape index (κ2) is 6.84. The number of carbonyl (C=O) groups is 2. The van der Waals surface area contributed by atoms with Crippen molar-refractivity contribution < 1.29 is 14.3 Å². The van der Waals surface area contributed by atoms with Gasteiger partial charge in [0.05, 0.1) is 17.4 Å². The van der Waals surface area contributed by atoms with E-state index in [2.05, 4.69) is 15.6 Å². The predicted molar refractivity (Wildman–Crippen MR) is 102 cm³/mol. The van der Waals surface area contributed by atoms with Gasteiger partial charge in [-0.2, -0.15) is 0 Å². The highest BCUT2D eigenvalue weighted by molar-refractivity contribution is 7.16. The fraction of sp³-hybridized carbons (Fsp3) is 0.222. The maximum Gasteiger partial charge on any atom is 0.265 e. The third kappa shape index (κ3) is 3.41. The topological polar surface area (TPSA) is 102 Å². The number of ether oxygens (including phenoxy) is 1. The normalized spacial score (nSPS) is 15.7. The van der Waals surface area contributed by atoms with Gasteiger partial charge < -0.3 is 15.4 Å². The van der Waals surface area contributed by atoms with Crippen molar-refractivity contribution in [2.75, 3.05) is 10.6 Å². The number of thiophene rings is 1. The minimum atomic E-state index is -0.551. The van der Waals surface area contributed by atoms with Crippen LogP contribution in [0.25, 0.3) is 10.2 Å². The predicted octanol–water partition coefficient (Wildman–Crippen LogP) is 2.21. The Kier molecular flexibility index (Phi) is 4.36. The largest absolute Gasteiger partial charge is 0.479 e. The molecule has 2 amide bonds. The molecule has 0 bridgehead atoms. The number of aromatic nitrogens is 2. The Hall–Kier alpha value is -3.20. The number of anilines is 2. The number of aryl methyl sites for hydroxylation is 1. The number of benzene rings is 1. The lowest BCUT2D eigenvalue weighted by molar-refractivity contribution is -0.122. The maximum absolute atomic E-state index is 12.3. The molecule has 3 aromatic rings. The van der Waals surface area contributed by atoms with Crippen LogP contribution in [0.15, 0.2) is 40.8 Å². The van der Waals surface area contributed by atoms with Gasteiger partial charge >= 0.3 is 0 Å². The van der Waals surface area contributed by atoms with E-state index in [1.807, 2.05) is 5.38 Å². The summed E-state index contributed by atoms with van der Waals surface area (Å²) in [5, 5.41) is 7.87. The smallest absolute Gasteiger partial charge is 0.265 e. The number of hydrogen-bond donors (Lipinski definition) is 2. The van der Waals surface area contributed by atoms with E-state index in [1.54, 1.807) is 31.2 Å². The second-order valence-electron chi connectivity index (χ2n) is 6.14. The number of carbonyl (C=O) groups excluding carboxylic acids is 2. The summed E-state index contributed by atoms with van der Waals surface area (Å²) in [5.41, 5.74) is 0.895. The van der Waals surface area contributed by atoms with Crippen LogP contribution in [0, 0.1) is 0 Å². The zero-order chi connectivity index (χ0) is 19.0. The van der Waals surface area contributed by atoms with Gasteiger partial charge in [0.2, 0.25) is 5.91 Å². The van der Waals surface area contributed by atoms with E-state index in [0.717, 1.165) is 0 Å². The Morgan fingerprint density at radius 1 is 1.37 bits per heavy atom. The summed E-state index contributed by atoms with van der Waals surface area (Å²) in [6, 6.07) is 6.77. The van der Waals surface area contributed by atoms with E-state index < -0.39 is 6.10 Å². The molecule has 2 aromatic heterocycles. The number of fused-ring (bicyclic) bond motifs is 2. The molecule has 4 rings (SSSR count). The van der Waals surface area contributed by atoms with Crippen LogP contribution < -0.4 is 20.9 Å². The molecule has 0 saturated heterocycles. The highest BCUT2D eigenvalue weighted by atomic mass is 32.1. The molecule has 2 N–H and O–H groups in total. The van der Waals surface area contributed by atoms with E-state index in [1.165, 1.54) is 22.2 Å². The molecular formula is C18H16N4O4S. The van der Waals surface area contributed by atoms with Crippen LogP contribution in [0.3, 0.4) is 0 Å². The molecule has 138 valence electrons. The van der Waals surface area contributed by atoms with Gasteiger partial charge in [0.15, 0.2) is 6.10 Å². The highest BCUT2D eigenvalue weighted by Gasteiger charge is 2.23. The summed E-state index contributed by atoms with van der Waals surface area (Å²) in [6.07, 6.45) is 1.03. The van der Waals surface area contributed by atoms with Gasteiger partial charge in [-0.3, -0.25) is 19.0 Å². The molecule has 0 aliphatic carbocycles. The molecule has 3 heterocycles. The van der Waals surface area contributed by atoms with Crippen LogP contribution in [-0.4, -0.2) is 27.5 Å². The highest BCUT2D eigenvalue weighted by Crippen LogP contribution is 2.32. The number of amides is 2. The molecule has 8 nitrogen and oxygen atoms in total. The van der Waals surface area contributed by atoms with Crippen molar-refractivity contribution in [3.63, 3.8) is 0 Å². The third-order valence-electron chi connectivity index (χ3n) is 4.22. The van der Waals surface area contributed by atoms with E-state index in [4.69, 9.17) is 4.74 Å². The minimum Gasteiger partial charge on any atom is -0.479 e. The van der Waals surface area contributed by atoms with Crippen molar-refractivity contribution in [2.24, 2.45) is 0 Å². The zero-order valence-corrected chi connectivity index (χ0v) is 15.2. The molecule has 1 aliphatic rings. The van der Waals surface area contributed by atoms with Gasteiger partial charge in [-0.15, -0.1) is 11.3 Å². The first kappa shape index (κ1) is 17.2. The fourth-order valence-corrected chi connectivity index (χ4v) is 3.51. The number of hydrogen-bond acceptors (Lipinski definition) is 6. The van der Waals surface area contributed by atoms with Crippen LogP contribution in [0.1, 0.15) is 13.3 Å². The lowest BCUT2D eigenvalue weighted by atomic mass is 10.2. The molecule has 0 fully saturated rings. The summed E-state index contributed by atoms with van der Waals surface area (Å²) >= 11 is 1.40. The number of nitrogens with one attached hydrogen (secondary N) is 2. The van der Waals surface area contributed by atoms with Crippen molar-refractivity contribution in [3.8, 4) is 5.75 Å². The van der Waals surface area contributed by atoms with Crippen LogP contribution in [-0.2, 0) is 16.1 Å². The van der Waals surface area contributed by atoms with Gasteiger partial charge in [-0.05, 0) is 36.6 Å². The first-order valence-electron chi connectivity index (χ1n) is 8.35. The molecule has 0 unspecified atom stereocenters. The molecule has 0 saturated carbocycles. The van der Waals surface area contributed by atoms with Crippen LogP contribution >= 0.6 is 11.3 Å². The molecule has 0 spiro atoms. The fourth-order valence-electron chi connectivity index (χ4n) is 2.78. The first-order valence-corrected chi connectivity index (χ1v) is 9.23. The van der Waals surface area contributed by atoms with Crippen LogP contribution in [0.2, 0.25) is 0 Å². The molecule has 9 heteroatoms. The summed E-state index contributed by atoms with van der Waals surface area (Å²) < 4.78 is 6.91. The number of rotatable bonds is 4. The molecule has 1 aliphatic heterocycles. The van der Waals surface area contributed by atoms with Crippen molar-refractivity contribution >= 4 is 44.7 Å². The van der Waals surface area contributed by atoms with Crippen molar-refractivity contribution in [1.82, 2.24) is 9.55 Å².